The second kappa shape index (κ2) is 7.08. The lowest BCUT2D eigenvalue weighted by Gasteiger charge is -2.12. The quantitative estimate of drug-likeness (QED) is 0.631. The number of hydrogen-bond donors (Lipinski definition) is 2. The van der Waals surface area contributed by atoms with Crippen LogP contribution in [0.15, 0.2) is 53.0 Å². The van der Waals surface area contributed by atoms with Gasteiger partial charge < -0.3 is 10.3 Å². The molecular weight excluding hydrogens is 372 g/mol. The lowest BCUT2D eigenvalue weighted by atomic mass is 10.1. The number of halogens is 2. The van der Waals surface area contributed by atoms with Crippen molar-refractivity contribution in [2.75, 3.05) is 6.54 Å². The van der Waals surface area contributed by atoms with Crippen LogP contribution in [0.2, 0.25) is 0 Å². The van der Waals surface area contributed by atoms with Gasteiger partial charge in [0, 0.05) is 27.1 Å². The SMILES string of the molecule is Brc1ccc2[nH]c3c(c2c1)CCC3NCCc1ccccc1.Cl. The number of aryl methyl sites for hydroxylation is 1. The number of rotatable bonds is 4. The van der Waals surface area contributed by atoms with Crippen LogP contribution in [0.5, 0.6) is 0 Å². The third-order valence-corrected chi connectivity index (χ3v) is 5.07. The molecule has 0 amide bonds. The molecule has 0 spiro atoms. The maximum atomic E-state index is 3.72. The highest BCUT2D eigenvalue weighted by atomic mass is 79.9. The third-order valence-electron chi connectivity index (χ3n) is 4.58. The number of H-pyrrole nitrogens is 1. The van der Waals surface area contributed by atoms with Crippen molar-refractivity contribution in [2.24, 2.45) is 0 Å². The Kier molecular flexibility index (Phi) is 5.10. The predicted molar refractivity (Wildman–Crippen MR) is 102 cm³/mol. The van der Waals surface area contributed by atoms with Crippen molar-refractivity contribution in [2.45, 2.75) is 25.3 Å². The standard InChI is InChI=1S/C19H19BrN2.ClH/c20-14-6-8-17-16(12-14)15-7-9-18(19(15)22-17)21-11-10-13-4-2-1-3-5-13;/h1-6,8,12,18,21-22H,7,9-11H2;1H. The summed E-state index contributed by atoms with van der Waals surface area (Å²) in [5.41, 5.74) is 5.53. The number of benzene rings is 2. The molecule has 23 heavy (non-hydrogen) atoms. The first-order chi connectivity index (χ1) is 10.8. The van der Waals surface area contributed by atoms with Gasteiger partial charge in [-0.2, -0.15) is 0 Å². The number of nitrogens with one attached hydrogen (secondary N) is 2. The van der Waals surface area contributed by atoms with Gasteiger partial charge in [0.1, 0.15) is 0 Å². The molecule has 120 valence electrons. The zero-order valence-corrected chi connectivity index (χ0v) is 15.2. The first-order valence-electron chi connectivity index (χ1n) is 7.88. The van der Waals surface area contributed by atoms with Gasteiger partial charge in [-0.3, -0.25) is 0 Å². The fourth-order valence-corrected chi connectivity index (χ4v) is 3.84. The van der Waals surface area contributed by atoms with E-state index in [2.05, 4.69) is 74.8 Å². The summed E-state index contributed by atoms with van der Waals surface area (Å²) in [6.07, 6.45) is 3.44. The van der Waals surface area contributed by atoms with Crippen LogP contribution in [0.3, 0.4) is 0 Å². The van der Waals surface area contributed by atoms with Gasteiger partial charge in [-0.15, -0.1) is 12.4 Å². The zero-order valence-electron chi connectivity index (χ0n) is 12.8. The summed E-state index contributed by atoms with van der Waals surface area (Å²) in [4.78, 5) is 3.62. The van der Waals surface area contributed by atoms with E-state index in [4.69, 9.17) is 0 Å². The molecule has 4 rings (SSSR count). The number of hydrogen-bond acceptors (Lipinski definition) is 1. The minimum atomic E-state index is 0. The Balaban J connectivity index is 0.00000156. The summed E-state index contributed by atoms with van der Waals surface area (Å²) >= 11 is 3.58. The van der Waals surface area contributed by atoms with E-state index < -0.39 is 0 Å². The molecule has 2 aromatic carbocycles. The molecule has 4 heteroatoms. The van der Waals surface area contributed by atoms with Crippen molar-refractivity contribution in [1.82, 2.24) is 10.3 Å². The molecule has 1 aliphatic rings. The zero-order chi connectivity index (χ0) is 14.9. The van der Waals surface area contributed by atoms with E-state index in [0.29, 0.717) is 6.04 Å². The highest BCUT2D eigenvalue weighted by Crippen LogP contribution is 2.37. The molecule has 1 aromatic heterocycles. The molecule has 2 N–H and O–H groups in total. The van der Waals surface area contributed by atoms with Crippen LogP contribution >= 0.6 is 28.3 Å². The van der Waals surface area contributed by atoms with Crippen LogP contribution < -0.4 is 5.32 Å². The van der Waals surface area contributed by atoms with Gasteiger partial charge in [-0.05, 0) is 55.1 Å². The highest BCUT2D eigenvalue weighted by molar-refractivity contribution is 9.10. The van der Waals surface area contributed by atoms with Crippen LogP contribution in [-0.2, 0) is 12.8 Å². The first kappa shape index (κ1) is 16.6. The molecule has 0 aliphatic heterocycles. The molecule has 0 bridgehead atoms. The van der Waals surface area contributed by atoms with Crippen LogP contribution in [0.1, 0.15) is 29.3 Å². The summed E-state index contributed by atoms with van der Waals surface area (Å²) in [6.45, 7) is 1.02. The summed E-state index contributed by atoms with van der Waals surface area (Å²) < 4.78 is 1.15. The maximum absolute atomic E-state index is 3.72. The lowest BCUT2D eigenvalue weighted by Crippen LogP contribution is -2.22. The van der Waals surface area contributed by atoms with E-state index in [1.165, 1.54) is 34.1 Å². The maximum Gasteiger partial charge on any atom is 0.0479 e. The minimum absolute atomic E-state index is 0. The average Bonchev–Trinajstić information content (AvgIpc) is 3.08. The molecule has 0 saturated carbocycles. The Morgan fingerprint density at radius 1 is 1.13 bits per heavy atom. The van der Waals surface area contributed by atoms with Gasteiger partial charge in [0.25, 0.3) is 0 Å². The summed E-state index contributed by atoms with van der Waals surface area (Å²) in [5, 5.41) is 5.09. The van der Waals surface area contributed by atoms with Crippen LogP contribution in [0.25, 0.3) is 10.9 Å². The minimum Gasteiger partial charge on any atom is -0.357 e. The van der Waals surface area contributed by atoms with Crippen molar-refractivity contribution in [3.8, 4) is 0 Å². The van der Waals surface area contributed by atoms with E-state index >= 15 is 0 Å². The van der Waals surface area contributed by atoms with Crippen LogP contribution in [0, 0.1) is 0 Å². The van der Waals surface area contributed by atoms with Crippen LogP contribution in [0.4, 0.5) is 0 Å². The number of fused-ring (bicyclic) bond motifs is 3. The van der Waals surface area contributed by atoms with Gasteiger partial charge in [0.15, 0.2) is 0 Å². The normalized spacial score (nSPS) is 16.3. The lowest BCUT2D eigenvalue weighted by molar-refractivity contribution is 0.525. The Morgan fingerprint density at radius 2 is 1.96 bits per heavy atom. The molecule has 1 atom stereocenters. The first-order valence-corrected chi connectivity index (χ1v) is 8.68. The highest BCUT2D eigenvalue weighted by Gasteiger charge is 2.25. The summed E-state index contributed by atoms with van der Waals surface area (Å²) in [7, 11) is 0. The topological polar surface area (TPSA) is 27.8 Å². The van der Waals surface area contributed by atoms with E-state index in [1.807, 2.05) is 0 Å². The monoisotopic (exact) mass is 390 g/mol. The van der Waals surface area contributed by atoms with Gasteiger partial charge in [0.2, 0.25) is 0 Å². The predicted octanol–water partition coefficient (Wildman–Crippen LogP) is 5.17. The van der Waals surface area contributed by atoms with Gasteiger partial charge >= 0.3 is 0 Å². The Labute approximate surface area is 151 Å². The van der Waals surface area contributed by atoms with E-state index in [0.717, 1.165) is 23.9 Å². The van der Waals surface area contributed by atoms with Crippen molar-refractivity contribution >= 4 is 39.2 Å². The second-order valence-electron chi connectivity index (χ2n) is 5.99. The Morgan fingerprint density at radius 3 is 2.78 bits per heavy atom. The molecule has 0 saturated heterocycles. The van der Waals surface area contributed by atoms with E-state index in [-0.39, 0.29) is 12.4 Å². The van der Waals surface area contributed by atoms with Crippen LogP contribution in [-0.4, -0.2) is 11.5 Å². The summed E-state index contributed by atoms with van der Waals surface area (Å²) in [5.74, 6) is 0. The number of aromatic amines is 1. The molecule has 3 aromatic rings. The Hall–Kier alpha value is -1.29. The fourth-order valence-electron chi connectivity index (χ4n) is 3.48. The van der Waals surface area contributed by atoms with Crippen molar-refractivity contribution in [1.29, 1.82) is 0 Å². The Bertz CT molecular complexity index is 798. The van der Waals surface area contributed by atoms with Crippen molar-refractivity contribution < 1.29 is 0 Å². The van der Waals surface area contributed by atoms with Gasteiger partial charge in [-0.1, -0.05) is 46.3 Å². The molecule has 1 heterocycles. The smallest absolute Gasteiger partial charge is 0.0479 e. The van der Waals surface area contributed by atoms with E-state index in [9.17, 15) is 0 Å². The summed E-state index contributed by atoms with van der Waals surface area (Å²) in [6, 6.07) is 17.6. The second-order valence-corrected chi connectivity index (χ2v) is 6.90. The molecule has 0 fully saturated rings. The molecular formula is C19H20BrClN2. The number of aromatic nitrogens is 1. The van der Waals surface area contributed by atoms with Crippen molar-refractivity contribution in [3.05, 3.63) is 69.8 Å². The van der Waals surface area contributed by atoms with E-state index in [1.54, 1.807) is 0 Å². The molecule has 2 nitrogen and oxygen atoms in total. The van der Waals surface area contributed by atoms with Gasteiger partial charge in [-0.25, -0.2) is 0 Å². The molecule has 0 radical (unpaired) electrons. The third kappa shape index (κ3) is 3.32. The van der Waals surface area contributed by atoms with Crippen molar-refractivity contribution in [3.63, 3.8) is 0 Å². The fraction of sp³-hybridized carbons (Fsp3) is 0.263. The molecule has 1 aliphatic carbocycles. The van der Waals surface area contributed by atoms with Gasteiger partial charge in [0.05, 0.1) is 0 Å². The molecule has 1 unspecified atom stereocenters. The average molecular weight is 392 g/mol. The largest absolute Gasteiger partial charge is 0.357 e.